The average molecular weight is 455 g/mol. The topological polar surface area (TPSA) is 78.0 Å². The van der Waals surface area contributed by atoms with E-state index >= 15 is 0 Å². The van der Waals surface area contributed by atoms with Gasteiger partial charge in [-0.2, -0.15) is 0 Å². The summed E-state index contributed by atoms with van der Waals surface area (Å²) in [5, 5.41) is 0. The number of fused-ring (bicyclic) bond motifs is 1. The van der Waals surface area contributed by atoms with E-state index in [9.17, 15) is 9.59 Å². The molecule has 3 rings (SSSR count). The summed E-state index contributed by atoms with van der Waals surface area (Å²) in [4.78, 5) is 31.1. The minimum Gasteiger partial charge on any atom is -0.495 e. The minimum atomic E-state index is -1.15. The van der Waals surface area contributed by atoms with Gasteiger partial charge in [-0.1, -0.05) is 19.9 Å². The Morgan fingerprint density at radius 3 is 2.58 bits per heavy atom. The number of methoxy groups -OCH3 is 1. The van der Waals surface area contributed by atoms with Crippen LogP contribution in [0.1, 0.15) is 63.2 Å². The quantitative estimate of drug-likeness (QED) is 0.583. The van der Waals surface area contributed by atoms with E-state index in [0.717, 1.165) is 28.3 Å². The van der Waals surface area contributed by atoms with Crippen molar-refractivity contribution in [1.29, 1.82) is 0 Å². The Morgan fingerprint density at radius 1 is 1.21 bits per heavy atom. The summed E-state index contributed by atoms with van der Waals surface area (Å²) < 4.78 is 17.0. The number of carbonyl (C=O) groups is 2. The highest BCUT2D eigenvalue weighted by atomic mass is 16.6. The zero-order valence-corrected chi connectivity index (χ0v) is 20.6. The number of amides is 1. The van der Waals surface area contributed by atoms with E-state index in [1.807, 2.05) is 37.3 Å². The second kappa shape index (κ2) is 9.81. The number of hydrogen-bond donors (Lipinski definition) is 0. The van der Waals surface area contributed by atoms with Crippen LogP contribution in [-0.2, 0) is 22.6 Å². The summed E-state index contributed by atoms with van der Waals surface area (Å²) in [5.41, 5.74) is 2.72. The van der Waals surface area contributed by atoms with Gasteiger partial charge in [0.15, 0.2) is 11.4 Å². The summed E-state index contributed by atoms with van der Waals surface area (Å²) in [6, 6.07) is 9.63. The number of nitrogens with zero attached hydrogens (tertiary/aromatic N) is 2. The summed E-state index contributed by atoms with van der Waals surface area (Å²) >= 11 is 0. The summed E-state index contributed by atoms with van der Waals surface area (Å²) in [6.45, 7) is 11.6. The fraction of sp³-hybridized carbons (Fsp3) is 0.500. The van der Waals surface area contributed by atoms with Crippen molar-refractivity contribution in [1.82, 2.24) is 9.88 Å². The molecule has 0 unspecified atom stereocenters. The first-order valence-corrected chi connectivity index (χ1v) is 11.3. The fourth-order valence-electron chi connectivity index (χ4n) is 4.04. The molecule has 2 heterocycles. The number of aromatic nitrogens is 1. The third-order valence-corrected chi connectivity index (χ3v) is 6.11. The van der Waals surface area contributed by atoms with Crippen molar-refractivity contribution < 1.29 is 23.8 Å². The maximum absolute atomic E-state index is 13.0. The van der Waals surface area contributed by atoms with Crippen molar-refractivity contribution in [3.8, 4) is 11.5 Å². The number of Topliss-reactive ketones (excluding diaryl/α,β-unsaturated/α-hetero) is 1. The Morgan fingerprint density at radius 2 is 1.94 bits per heavy atom. The molecule has 33 heavy (non-hydrogen) atoms. The molecule has 7 heteroatoms. The molecule has 1 aromatic heterocycles. The Labute approximate surface area is 196 Å². The molecular formula is C26H34N2O5. The Hall–Kier alpha value is -3.09. The number of benzene rings is 1. The van der Waals surface area contributed by atoms with E-state index in [-0.39, 0.29) is 17.7 Å². The van der Waals surface area contributed by atoms with Gasteiger partial charge in [-0.3, -0.25) is 9.78 Å². The molecule has 7 nitrogen and oxygen atoms in total. The second-order valence-electron chi connectivity index (χ2n) is 9.32. The molecule has 1 aliphatic heterocycles. The highest BCUT2D eigenvalue weighted by Crippen LogP contribution is 2.38. The first kappa shape index (κ1) is 24.6. The van der Waals surface area contributed by atoms with Crippen LogP contribution in [0.15, 0.2) is 30.3 Å². The molecule has 1 atom stereocenters. The van der Waals surface area contributed by atoms with Crippen molar-refractivity contribution in [3.63, 3.8) is 0 Å². The van der Waals surface area contributed by atoms with E-state index < -0.39 is 11.7 Å². The number of carbonyl (C=O) groups excluding carboxylic acids is 2. The lowest BCUT2D eigenvalue weighted by atomic mass is 9.86. The molecule has 0 aliphatic carbocycles. The Balaban J connectivity index is 1.79. The SMILES string of the molecule is COc1ccc(C)nc1COc1ccc2c(c1)CCN(C(=O)OC(C)(C)C(C)=O)[C@H]2C(C)C. The van der Waals surface area contributed by atoms with E-state index in [1.165, 1.54) is 6.92 Å². The molecule has 0 saturated carbocycles. The zero-order chi connectivity index (χ0) is 24.3. The lowest BCUT2D eigenvalue weighted by molar-refractivity contribution is -0.133. The van der Waals surface area contributed by atoms with Gasteiger partial charge in [0.1, 0.15) is 23.8 Å². The molecule has 0 bridgehead atoms. The third kappa shape index (κ3) is 5.46. The maximum Gasteiger partial charge on any atom is 0.411 e. The molecule has 1 aromatic carbocycles. The third-order valence-electron chi connectivity index (χ3n) is 6.11. The number of ketones is 1. The Kier molecular flexibility index (Phi) is 7.30. The van der Waals surface area contributed by atoms with Crippen LogP contribution in [0.25, 0.3) is 0 Å². The van der Waals surface area contributed by atoms with Gasteiger partial charge < -0.3 is 19.1 Å². The van der Waals surface area contributed by atoms with Crippen molar-refractivity contribution in [3.05, 3.63) is 52.8 Å². The van der Waals surface area contributed by atoms with Gasteiger partial charge in [-0.25, -0.2) is 4.79 Å². The van der Waals surface area contributed by atoms with E-state index in [1.54, 1.807) is 25.9 Å². The molecule has 178 valence electrons. The molecule has 0 N–H and O–H groups in total. The van der Waals surface area contributed by atoms with Gasteiger partial charge >= 0.3 is 6.09 Å². The number of hydrogen-bond acceptors (Lipinski definition) is 6. The Bertz CT molecular complexity index is 1030. The number of aryl methyl sites for hydroxylation is 1. The average Bonchev–Trinajstić information content (AvgIpc) is 2.76. The summed E-state index contributed by atoms with van der Waals surface area (Å²) in [7, 11) is 1.62. The van der Waals surface area contributed by atoms with Crippen LogP contribution in [0, 0.1) is 12.8 Å². The van der Waals surface area contributed by atoms with Crippen molar-refractivity contribution in [2.75, 3.05) is 13.7 Å². The first-order chi connectivity index (χ1) is 15.5. The van der Waals surface area contributed by atoms with Crippen molar-refractivity contribution in [2.45, 2.75) is 66.2 Å². The fourth-order valence-corrected chi connectivity index (χ4v) is 4.04. The van der Waals surface area contributed by atoms with E-state index in [2.05, 4.69) is 18.8 Å². The molecule has 1 amide bonds. The molecule has 2 aromatic rings. The van der Waals surface area contributed by atoms with Crippen LogP contribution in [0.4, 0.5) is 4.79 Å². The van der Waals surface area contributed by atoms with Crippen molar-refractivity contribution in [2.24, 2.45) is 5.92 Å². The summed E-state index contributed by atoms with van der Waals surface area (Å²) in [5.74, 6) is 1.43. The van der Waals surface area contributed by atoms with Crippen LogP contribution in [0.2, 0.25) is 0 Å². The van der Waals surface area contributed by atoms with Crippen molar-refractivity contribution >= 4 is 11.9 Å². The predicted molar refractivity (Wildman–Crippen MR) is 126 cm³/mol. The highest BCUT2D eigenvalue weighted by Gasteiger charge is 2.37. The number of rotatable bonds is 7. The van der Waals surface area contributed by atoms with Crippen LogP contribution in [-0.4, -0.2) is 41.0 Å². The maximum atomic E-state index is 13.0. The lowest BCUT2D eigenvalue weighted by Gasteiger charge is -2.40. The molecule has 0 radical (unpaired) electrons. The van der Waals surface area contributed by atoms with E-state index in [4.69, 9.17) is 14.2 Å². The standard InChI is InChI=1S/C26H34N2O5/c1-16(2)24-21-10-9-20(32-15-22-23(31-7)11-8-17(3)27-22)14-19(21)12-13-28(24)25(30)33-26(5,6)18(4)29/h8-11,14,16,24H,12-13,15H2,1-7H3/t24-/m0/s1. The predicted octanol–water partition coefficient (Wildman–Crippen LogP) is 5.04. The lowest BCUT2D eigenvalue weighted by Crippen LogP contribution is -2.46. The van der Waals surface area contributed by atoms with Crippen LogP contribution >= 0.6 is 0 Å². The van der Waals surface area contributed by atoms with Crippen LogP contribution < -0.4 is 9.47 Å². The van der Waals surface area contributed by atoms with Gasteiger partial charge in [0.2, 0.25) is 0 Å². The highest BCUT2D eigenvalue weighted by molar-refractivity contribution is 5.86. The van der Waals surface area contributed by atoms with Gasteiger partial charge in [-0.05, 0) is 75.4 Å². The van der Waals surface area contributed by atoms with Gasteiger partial charge in [0, 0.05) is 12.2 Å². The first-order valence-electron chi connectivity index (χ1n) is 11.3. The molecule has 0 saturated heterocycles. The molecule has 0 fully saturated rings. The largest absolute Gasteiger partial charge is 0.495 e. The molecule has 0 spiro atoms. The van der Waals surface area contributed by atoms with E-state index in [0.29, 0.717) is 25.3 Å². The summed E-state index contributed by atoms with van der Waals surface area (Å²) in [6.07, 6.45) is 0.217. The molecule has 1 aliphatic rings. The normalized spacial score (nSPS) is 15.8. The minimum absolute atomic E-state index is 0.142. The second-order valence-corrected chi connectivity index (χ2v) is 9.32. The smallest absolute Gasteiger partial charge is 0.411 e. The number of pyridine rings is 1. The van der Waals surface area contributed by atoms with Crippen LogP contribution in [0.5, 0.6) is 11.5 Å². The zero-order valence-electron chi connectivity index (χ0n) is 20.6. The monoisotopic (exact) mass is 454 g/mol. The van der Waals surface area contributed by atoms with Gasteiger partial charge in [0.05, 0.1) is 13.2 Å². The number of ether oxygens (including phenoxy) is 3. The molecular weight excluding hydrogens is 420 g/mol. The van der Waals surface area contributed by atoms with Crippen LogP contribution in [0.3, 0.4) is 0 Å². The van der Waals surface area contributed by atoms with Gasteiger partial charge in [-0.15, -0.1) is 0 Å². The van der Waals surface area contributed by atoms with Gasteiger partial charge in [0.25, 0.3) is 0 Å².